The van der Waals surface area contributed by atoms with Crippen LogP contribution in [0.5, 0.6) is 0 Å². The first kappa shape index (κ1) is 16.9. The number of para-hydroxylation sites is 1. The zero-order valence-electron chi connectivity index (χ0n) is 15.1. The van der Waals surface area contributed by atoms with E-state index >= 15 is 0 Å². The molecule has 0 bridgehead atoms. The van der Waals surface area contributed by atoms with Crippen molar-refractivity contribution >= 4 is 45.2 Å². The number of hydrogen-bond donors (Lipinski definition) is 1. The number of aromatic nitrogens is 1. The van der Waals surface area contributed by atoms with Crippen LogP contribution in [-0.4, -0.2) is 28.6 Å². The second-order valence-corrected chi connectivity index (χ2v) is 8.09. The van der Waals surface area contributed by atoms with Gasteiger partial charge in [0.2, 0.25) is 5.36 Å². The van der Waals surface area contributed by atoms with Crippen molar-refractivity contribution in [2.24, 2.45) is 0 Å². The van der Waals surface area contributed by atoms with Crippen LogP contribution < -0.4 is 15.2 Å². The summed E-state index contributed by atoms with van der Waals surface area (Å²) >= 11 is 1.52. The Morgan fingerprint density at radius 2 is 1.43 bits per heavy atom. The number of fused-ring (bicyclic) bond motifs is 4. The standard InChI is InChI=1S/C22H9N3O4S/c26-19-11-8-13-14(9-12(11)20(27)24-19)22(29)25(21(13)28)10-5-6-16-18(7-10)30-17-4-2-1-3-15(17)23-16/h1-9H/p+1. The Labute approximate surface area is 172 Å². The van der Waals surface area contributed by atoms with Gasteiger partial charge in [-0.05, 0) is 30.3 Å². The molecule has 0 unspecified atom stereocenters. The molecule has 2 aromatic carbocycles. The third-order valence-corrected chi connectivity index (χ3v) is 6.38. The Balaban J connectivity index is 1.59. The van der Waals surface area contributed by atoms with E-state index in [1.165, 1.54) is 23.5 Å². The molecule has 8 heteroatoms. The highest BCUT2D eigenvalue weighted by molar-refractivity contribution is 7.21. The molecule has 0 saturated carbocycles. The lowest BCUT2D eigenvalue weighted by Crippen LogP contribution is -2.35. The lowest BCUT2D eigenvalue weighted by atomic mass is 10.0. The number of amides is 4. The number of rotatable bonds is 0. The van der Waals surface area contributed by atoms with Gasteiger partial charge in [0.05, 0.1) is 31.9 Å². The third-order valence-electron chi connectivity index (χ3n) is 5.27. The summed E-state index contributed by atoms with van der Waals surface area (Å²) in [5.41, 5.74) is 2.09. The maximum atomic E-state index is 13.0. The van der Waals surface area contributed by atoms with E-state index in [1.54, 1.807) is 18.2 Å². The molecule has 3 aliphatic heterocycles. The molecular weight excluding hydrogens is 402 g/mol. The van der Waals surface area contributed by atoms with E-state index in [9.17, 15) is 19.2 Å². The van der Waals surface area contributed by atoms with Gasteiger partial charge in [-0.25, -0.2) is 14.6 Å². The van der Waals surface area contributed by atoms with Crippen LogP contribution in [-0.2, 0) is 0 Å². The van der Waals surface area contributed by atoms with Crippen molar-refractivity contribution in [2.45, 2.75) is 0 Å². The van der Waals surface area contributed by atoms with Crippen molar-refractivity contribution in [3.63, 3.8) is 0 Å². The molecule has 1 N–H and O–H groups in total. The van der Waals surface area contributed by atoms with E-state index in [-0.39, 0.29) is 22.3 Å². The predicted molar refractivity (Wildman–Crippen MR) is 108 cm³/mol. The van der Waals surface area contributed by atoms with Gasteiger partial charge in [-0.15, -0.1) is 11.3 Å². The maximum Gasteiger partial charge on any atom is 0.429 e. The van der Waals surface area contributed by atoms with Crippen LogP contribution in [0, 0.1) is 0 Å². The van der Waals surface area contributed by atoms with Crippen molar-refractivity contribution in [2.75, 3.05) is 0 Å². The highest BCUT2D eigenvalue weighted by Crippen LogP contribution is 2.29. The summed E-state index contributed by atoms with van der Waals surface area (Å²) in [6.07, 6.45) is 0. The van der Waals surface area contributed by atoms with Crippen LogP contribution in [0.25, 0.3) is 20.8 Å². The fraction of sp³-hybridized carbons (Fsp3) is 0. The predicted octanol–water partition coefficient (Wildman–Crippen LogP) is 2.05. The van der Waals surface area contributed by atoms with Crippen molar-refractivity contribution < 1.29 is 19.2 Å². The first-order valence-electron chi connectivity index (χ1n) is 9.06. The Hall–Kier alpha value is -4.04. The van der Waals surface area contributed by atoms with Crippen molar-refractivity contribution in [3.05, 3.63) is 82.2 Å². The van der Waals surface area contributed by atoms with Crippen molar-refractivity contribution in [3.8, 4) is 10.6 Å². The van der Waals surface area contributed by atoms with Crippen molar-refractivity contribution in [1.82, 2.24) is 14.9 Å². The number of nitrogens with one attached hydrogen (secondary N) is 1. The van der Waals surface area contributed by atoms with Gasteiger partial charge in [-0.2, -0.15) is 0 Å². The minimum absolute atomic E-state index is 0.109. The molecule has 4 aliphatic rings. The Bertz CT molecular complexity index is 1490. The molecule has 7 nitrogen and oxygen atoms in total. The highest BCUT2D eigenvalue weighted by Gasteiger charge is 2.45. The van der Waals surface area contributed by atoms with E-state index < -0.39 is 23.6 Å². The molecule has 4 amide bonds. The Morgan fingerprint density at radius 3 is 2.13 bits per heavy atom. The van der Waals surface area contributed by atoms with Gasteiger partial charge < -0.3 is 0 Å². The first-order valence-corrected chi connectivity index (χ1v) is 9.88. The number of carbonyl (C=O) groups excluding carboxylic acids is 4. The average molecular weight is 412 g/mol. The molecule has 0 fully saturated rings. The van der Waals surface area contributed by atoms with E-state index in [0.717, 1.165) is 25.4 Å². The topological polar surface area (TPSA) is 96.2 Å². The molecule has 3 heterocycles. The summed E-state index contributed by atoms with van der Waals surface area (Å²) < 4.78 is 2.06. The Morgan fingerprint density at radius 1 is 0.767 bits per heavy atom. The van der Waals surface area contributed by atoms with Crippen LogP contribution in [0.2, 0.25) is 0 Å². The number of carbonyl (C=O) groups is 4. The molecule has 142 valence electrons. The van der Waals surface area contributed by atoms with Gasteiger partial charge in [0.25, 0.3) is 11.8 Å². The van der Waals surface area contributed by atoms with Crippen LogP contribution in [0.4, 0.5) is 0 Å². The minimum atomic E-state index is -0.568. The van der Waals surface area contributed by atoms with Crippen molar-refractivity contribution in [1.29, 1.82) is 0 Å². The number of hydrogen-bond acceptors (Lipinski definition) is 6. The monoisotopic (exact) mass is 412 g/mol. The smallest absolute Gasteiger partial charge is 0.288 e. The fourth-order valence-corrected chi connectivity index (χ4v) is 4.83. The summed E-state index contributed by atoms with van der Waals surface area (Å²) in [5, 5.41) is 2.59. The lowest BCUT2D eigenvalue weighted by molar-refractivity contribution is 0.0834. The molecule has 2 aromatic rings. The van der Waals surface area contributed by atoms with E-state index in [0.29, 0.717) is 5.36 Å². The molecular formula is C22H10N3O4S+. The van der Waals surface area contributed by atoms with Gasteiger partial charge in [0.1, 0.15) is 11.1 Å². The van der Waals surface area contributed by atoms with Gasteiger partial charge in [-0.1, -0.05) is 16.7 Å². The molecule has 30 heavy (non-hydrogen) atoms. The second-order valence-electron chi connectivity index (χ2n) is 7.01. The van der Waals surface area contributed by atoms with E-state index in [4.69, 9.17) is 0 Å². The van der Waals surface area contributed by atoms with Crippen LogP contribution >= 0.6 is 11.3 Å². The van der Waals surface area contributed by atoms with Crippen LogP contribution in [0.15, 0.2) is 54.6 Å². The molecule has 0 spiro atoms. The Kier molecular flexibility index (Phi) is 3.23. The largest absolute Gasteiger partial charge is 0.429 e. The number of benzene rings is 3. The first-order chi connectivity index (χ1) is 14.5. The molecule has 6 rings (SSSR count). The zero-order chi connectivity index (χ0) is 20.6. The quantitative estimate of drug-likeness (QED) is 0.271. The molecule has 1 aliphatic carbocycles. The summed E-state index contributed by atoms with van der Waals surface area (Å²) in [4.78, 5) is 55.3. The normalized spacial score (nSPS) is 15.1. The lowest BCUT2D eigenvalue weighted by Gasteiger charge is -2.04. The minimum Gasteiger partial charge on any atom is -0.288 e. The average Bonchev–Trinajstić information content (AvgIpc) is 3.17. The molecule has 0 saturated heterocycles. The van der Waals surface area contributed by atoms with E-state index in [1.807, 2.05) is 24.3 Å². The van der Waals surface area contributed by atoms with Crippen LogP contribution in [0.1, 0.15) is 41.4 Å². The number of imide groups is 2. The maximum absolute atomic E-state index is 13.0. The summed E-state index contributed by atoms with van der Waals surface area (Å²) in [5.74, 6) is -2.19. The molecule has 0 atom stereocenters. The fourth-order valence-electron chi connectivity index (χ4n) is 3.83. The zero-order valence-corrected chi connectivity index (χ0v) is 15.9. The SMILES string of the molecule is O=C1NC(=O)c2cc3c(cc21)C(=O)[N+](=c1ccc2nc4ccccc4sc-2c1)C3=O. The molecule has 0 aromatic heterocycles. The summed E-state index contributed by atoms with van der Waals surface area (Å²) in [7, 11) is 0. The van der Waals surface area contributed by atoms with Crippen LogP contribution in [0.3, 0.4) is 0 Å². The number of nitrogens with zero attached hydrogens (tertiary/aromatic N) is 2. The highest BCUT2D eigenvalue weighted by atomic mass is 32.1. The van der Waals surface area contributed by atoms with Gasteiger partial charge in [0, 0.05) is 12.1 Å². The van der Waals surface area contributed by atoms with E-state index in [2.05, 4.69) is 10.3 Å². The molecule has 0 radical (unpaired) electrons. The van der Waals surface area contributed by atoms with Gasteiger partial charge in [0.15, 0.2) is 0 Å². The van der Waals surface area contributed by atoms with Gasteiger partial charge in [-0.3, -0.25) is 14.9 Å². The third kappa shape index (κ3) is 2.19. The second kappa shape index (κ2) is 5.74. The van der Waals surface area contributed by atoms with Gasteiger partial charge >= 0.3 is 11.8 Å². The summed E-state index contributed by atoms with van der Waals surface area (Å²) in [6.45, 7) is 0. The summed E-state index contributed by atoms with van der Waals surface area (Å²) in [6, 6.07) is 15.6.